The Bertz CT molecular complexity index is 3190. The molecule has 0 N–H and O–H groups in total. The Hall–Kier alpha value is -7.49. The lowest BCUT2D eigenvalue weighted by atomic mass is 9.99. The van der Waals surface area contributed by atoms with E-state index in [9.17, 15) is 0 Å². The van der Waals surface area contributed by atoms with Crippen LogP contribution in [0.5, 0.6) is 0 Å². The van der Waals surface area contributed by atoms with Gasteiger partial charge in [-0.05, 0) is 88.0 Å². The molecule has 262 valence electrons. The predicted molar refractivity (Wildman–Crippen MR) is 233 cm³/mol. The van der Waals surface area contributed by atoms with Crippen LogP contribution in [0.4, 0.5) is 0 Å². The van der Waals surface area contributed by atoms with Gasteiger partial charge in [-0.3, -0.25) is 0 Å². The van der Waals surface area contributed by atoms with E-state index in [1.54, 1.807) is 0 Å². The molecule has 0 bridgehead atoms. The van der Waals surface area contributed by atoms with Crippen LogP contribution in [0.1, 0.15) is 0 Å². The molecule has 0 radical (unpaired) electrons. The van der Waals surface area contributed by atoms with Crippen molar-refractivity contribution in [3.05, 3.63) is 219 Å². The van der Waals surface area contributed by atoms with Gasteiger partial charge in [-0.2, -0.15) is 4.57 Å². The summed E-state index contributed by atoms with van der Waals surface area (Å²) in [5, 5.41) is 4.96. The monoisotopic (exact) mass is 714 g/mol. The van der Waals surface area contributed by atoms with Crippen molar-refractivity contribution in [2.75, 3.05) is 0 Å². The number of aromatic nitrogens is 3. The van der Waals surface area contributed by atoms with Crippen LogP contribution in [-0.2, 0) is 0 Å². The molecule has 0 aliphatic heterocycles. The average molecular weight is 715 g/mol. The summed E-state index contributed by atoms with van der Waals surface area (Å²) in [5.41, 5.74) is 15.5. The summed E-state index contributed by atoms with van der Waals surface area (Å²) < 4.78 is 6.95. The summed E-state index contributed by atoms with van der Waals surface area (Å²) in [6, 6.07) is 74.7. The molecule has 11 rings (SSSR count). The van der Waals surface area contributed by atoms with E-state index < -0.39 is 0 Å². The van der Waals surface area contributed by atoms with E-state index in [1.165, 1.54) is 77.0 Å². The van der Waals surface area contributed by atoms with Crippen molar-refractivity contribution < 1.29 is 4.57 Å². The lowest BCUT2D eigenvalue weighted by Gasteiger charge is -2.10. The number of para-hydroxylation sites is 2. The van der Waals surface area contributed by atoms with E-state index >= 15 is 0 Å². The largest absolute Gasteiger partial charge is 0.309 e. The molecular weight excluding hydrogens is 679 g/mol. The molecule has 0 fully saturated rings. The Balaban J connectivity index is 1.06. The fourth-order valence-corrected chi connectivity index (χ4v) is 8.50. The molecule has 56 heavy (non-hydrogen) atoms. The van der Waals surface area contributed by atoms with E-state index in [0.717, 1.165) is 17.1 Å². The minimum absolute atomic E-state index is 1.14. The number of hydrogen-bond acceptors (Lipinski definition) is 0. The van der Waals surface area contributed by atoms with Crippen molar-refractivity contribution in [2.45, 2.75) is 0 Å². The maximum Gasteiger partial charge on any atom is 0.210 e. The predicted octanol–water partition coefficient (Wildman–Crippen LogP) is 13.2. The Morgan fingerprint density at radius 2 is 0.643 bits per heavy atom. The zero-order valence-electron chi connectivity index (χ0n) is 30.6. The second-order valence-electron chi connectivity index (χ2n) is 14.5. The molecule has 3 nitrogen and oxygen atoms in total. The Morgan fingerprint density at radius 3 is 1.20 bits per heavy atom. The lowest BCUT2D eigenvalue weighted by Crippen LogP contribution is -2.29. The van der Waals surface area contributed by atoms with E-state index in [4.69, 9.17) is 0 Å². The van der Waals surface area contributed by atoms with Crippen LogP contribution in [0.3, 0.4) is 0 Å². The zero-order valence-corrected chi connectivity index (χ0v) is 30.6. The normalized spacial score (nSPS) is 11.6. The van der Waals surface area contributed by atoms with Crippen LogP contribution in [0, 0.1) is 0 Å². The van der Waals surface area contributed by atoms with Crippen LogP contribution in [0.2, 0.25) is 0 Å². The first-order chi connectivity index (χ1) is 27.8. The molecule has 0 amide bonds. The molecule has 0 saturated carbocycles. The average Bonchev–Trinajstić information content (AvgIpc) is 3.79. The highest BCUT2D eigenvalue weighted by Gasteiger charge is 2.18. The van der Waals surface area contributed by atoms with Crippen molar-refractivity contribution in [1.29, 1.82) is 0 Å². The van der Waals surface area contributed by atoms with Crippen LogP contribution in [0.25, 0.3) is 94.1 Å². The van der Waals surface area contributed by atoms with E-state index in [2.05, 4.69) is 232 Å². The highest BCUT2D eigenvalue weighted by molar-refractivity contribution is 6.13. The number of nitrogens with zero attached hydrogens (tertiary/aromatic N) is 3. The van der Waals surface area contributed by atoms with Gasteiger partial charge in [-0.1, -0.05) is 127 Å². The summed E-state index contributed by atoms with van der Waals surface area (Å²) in [7, 11) is 0. The second-order valence-corrected chi connectivity index (χ2v) is 14.5. The maximum absolute atomic E-state index is 2.41. The third kappa shape index (κ3) is 5.32. The van der Waals surface area contributed by atoms with Crippen molar-refractivity contribution in [3.63, 3.8) is 0 Å². The molecule has 0 spiro atoms. The van der Waals surface area contributed by atoms with Gasteiger partial charge in [0, 0.05) is 51.5 Å². The number of pyridine rings is 1. The molecule has 0 aliphatic rings. The molecule has 11 aromatic rings. The fraction of sp³-hybridized carbons (Fsp3) is 0. The summed E-state index contributed by atoms with van der Waals surface area (Å²) in [5.74, 6) is 0. The van der Waals surface area contributed by atoms with Gasteiger partial charge < -0.3 is 9.13 Å². The van der Waals surface area contributed by atoms with Crippen molar-refractivity contribution in [1.82, 2.24) is 9.13 Å². The van der Waals surface area contributed by atoms with Gasteiger partial charge >= 0.3 is 0 Å². The molecule has 3 heterocycles. The first kappa shape index (κ1) is 32.0. The van der Waals surface area contributed by atoms with Gasteiger partial charge in [0.1, 0.15) is 0 Å². The number of rotatable bonds is 6. The first-order valence-corrected chi connectivity index (χ1v) is 19.2. The highest BCUT2D eigenvalue weighted by Crippen LogP contribution is 2.39. The van der Waals surface area contributed by atoms with Gasteiger partial charge in [-0.15, -0.1) is 0 Å². The molecule has 3 aromatic heterocycles. The summed E-state index contributed by atoms with van der Waals surface area (Å²) >= 11 is 0. The number of benzene rings is 8. The Labute approximate surface area is 325 Å². The summed E-state index contributed by atoms with van der Waals surface area (Å²) in [4.78, 5) is 0. The van der Waals surface area contributed by atoms with Gasteiger partial charge in [0.05, 0.1) is 27.8 Å². The topological polar surface area (TPSA) is 13.7 Å². The molecule has 0 aliphatic carbocycles. The van der Waals surface area contributed by atoms with Gasteiger partial charge in [0.15, 0.2) is 12.4 Å². The third-order valence-corrected chi connectivity index (χ3v) is 11.2. The second kappa shape index (κ2) is 13.1. The van der Waals surface area contributed by atoms with E-state index in [-0.39, 0.29) is 0 Å². The molecule has 0 saturated heterocycles. The van der Waals surface area contributed by atoms with Crippen molar-refractivity contribution in [2.24, 2.45) is 0 Å². The quantitative estimate of drug-likeness (QED) is 0.152. The van der Waals surface area contributed by atoms with E-state index in [0.29, 0.717) is 0 Å². The van der Waals surface area contributed by atoms with E-state index in [1.807, 2.05) is 0 Å². The van der Waals surface area contributed by atoms with Crippen LogP contribution < -0.4 is 4.57 Å². The Morgan fingerprint density at radius 1 is 0.268 bits per heavy atom. The van der Waals surface area contributed by atoms with Crippen LogP contribution in [0.15, 0.2) is 219 Å². The Kier molecular flexibility index (Phi) is 7.49. The zero-order chi connectivity index (χ0) is 37.0. The summed E-state index contributed by atoms with van der Waals surface area (Å²) in [6.45, 7) is 0. The van der Waals surface area contributed by atoms with Crippen LogP contribution in [-0.4, -0.2) is 9.13 Å². The number of hydrogen-bond donors (Lipinski definition) is 0. The molecule has 0 atom stereocenters. The lowest BCUT2D eigenvalue weighted by molar-refractivity contribution is -0.595. The van der Waals surface area contributed by atoms with Gasteiger partial charge in [0.2, 0.25) is 5.69 Å². The standard InChI is InChI=1S/C53H36N3/c1-4-12-37(13-5-1)39-20-25-44(26-21-39)55-52-27-22-40(38-14-6-2-7-15-38)34-48(52)49-36-42(24-29-53(49)55)41-23-28-51-47(35-41)46-18-10-11-19-50(46)56(51)45-30-32-54(33-31-45)43-16-8-3-9-17-43/h1-36H/q+1. The maximum atomic E-state index is 2.41. The first-order valence-electron chi connectivity index (χ1n) is 19.2. The molecular formula is C53H36N3+. The minimum Gasteiger partial charge on any atom is -0.309 e. The SMILES string of the molecule is c1ccc(-c2ccc(-n3c4ccc(-c5ccccc5)cc4c4cc(-c5ccc6c(c5)c5ccccc5n6-c5cc[n+](-c6ccccc6)cc5)ccc43)cc2)cc1. The molecule has 8 aromatic carbocycles. The third-order valence-electron chi connectivity index (χ3n) is 11.2. The van der Waals surface area contributed by atoms with Crippen LogP contribution >= 0.6 is 0 Å². The minimum atomic E-state index is 1.14. The van der Waals surface area contributed by atoms with Crippen molar-refractivity contribution >= 4 is 43.6 Å². The van der Waals surface area contributed by atoms with Gasteiger partial charge in [-0.25, -0.2) is 0 Å². The molecule has 0 unspecified atom stereocenters. The summed E-state index contributed by atoms with van der Waals surface area (Å²) in [6.07, 6.45) is 4.29. The van der Waals surface area contributed by atoms with Crippen molar-refractivity contribution in [3.8, 4) is 50.4 Å². The van der Waals surface area contributed by atoms with Gasteiger partial charge in [0.25, 0.3) is 0 Å². The highest BCUT2D eigenvalue weighted by atomic mass is 15.0. The smallest absolute Gasteiger partial charge is 0.210 e. The molecule has 3 heteroatoms. The fourth-order valence-electron chi connectivity index (χ4n) is 8.50. The number of fused-ring (bicyclic) bond motifs is 6.